The van der Waals surface area contributed by atoms with Crippen molar-refractivity contribution in [3.8, 4) is 0 Å². The number of amides is 1. The number of halogens is 3. The lowest BCUT2D eigenvalue weighted by Crippen LogP contribution is -2.24. The zero-order valence-corrected chi connectivity index (χ0v) is 10.1. The number of nitrogens with one attached hydrogen (secondary N) is 1. The number of rotatable bonds is 3. The average Bonchev–Trinajstić information content (AvgIpc) is 2.09. The first-order chi connectivity index (χ1) is 7.40. The van der Waals surface area contributed by atoms with Gasteiger partial charge in [-0.2, -0.15) is 0 Å². The van der Waals surface area contributed by atoms with E-state index in [1.54, 1.807) is 6.92 Å². The van der Waals surface area contributed by atoms with Gasteiger partial charge in [-0.1, -0.05) is 15.9 Å². The second-order valence-electron chi connectivity index (χ2n) is 3.47. The fourth-order valence-corrected chi connectivity index (χ4v) is 1.55. The number of hydrogen-bond acceptors (Lipinski definition) is 2. The molecule has 0 aromatic heterocycles. The van der Waals surface area contributed by atoms with Crippen LogP contribution in [0.1, 0.15) is 13.3 Å². The summed E-state index contributed by atoms with van der Waals surface area (Å²) < 4.78 is 26.9. The molecule has 88 valence electrons. The second-order valence-corrected chi connectivity index (χ2v) is 4.39. The second kappa shape index (κ2) is 5.36. The number of hydrogen-bond donors (Lipinski definition) is 2. The average molecular weight is 293 g/mol. The van der Waals surface area contributed by atoms with Gasteiger partial charge in [-0.3, -0.25) is 4.79 Å². The minimum atomic E-state index is -0.829. The minimum Gasteiger partial charge on any atom is -0.327 e. The van der Waals surface area contributed by atoms with Crippen molar-refractivity contribution in [3.05, 3.63) is 28.2 Å². The Morgan fingerprint density at radius 1 is 1.50 bits per heavy atom. The number of carbonyl (C=O) groups excluding carboxylic acids is 1. The van der Waals surface area contributed by atoms with Gasteiger partial charge < -0.3 is 11.1 Å². The first-order valence-corrected chi connectivity index (χ1v) is 5.39. The molecule has 1 aromatic carbocycles. The maximum atomic E-state index is 13.3. The molecule has 1 amide bonds. The Bertz CT molecular complexity index is 387. The van der Waals surface area contributed by atoms with Gasteiger partial charge in [-0.05, 0) is 19.1 Å². The number of benzene rings is 1. The van der Waals surface area contributed by atoms with Crippen LogP contribution in [0.2, 0.25) is 0 Å². The molecule has 0 saturated carbocycles. The highest BCUT2D eigenvalue weighted by Crippen LogP contribution is 2.23. The molecule has 1 atom stereocenters. The SMILES string of the molecule is CC(N)CC(=O)Nc1c(F)cc(Br)cc1F. The smallest absolute Gasteiger partial charge is 0.226 e. The maximum Gasteiger partial charge on any atom is 0.226 e. The molecule has 16 heavy (non-hydrogen) atoms. The summed E-state index contributed by atoms with van der Waals surface area (Å²) in [5, 5.41) is 2.15. The summed E-state index contributed by atoms with van der Waals surface area (Å²) in [4.78, 5) is 11.3. The Labute approximate surface area is 100 Å². The Morgan fingerprint density at radius 2 is 2.00 bits per heavy atom. The predicted molar refractivity (Wildman–Crippen MR) is 61.0 cm³/mol. The van der Waals surface area contributed by atoms with E-state index in [1.165, 1.54) is 0 Å². The predicted octanol–water partition coefficient (Wildman–Crippen LogP) is 2.40. The van der Waals surface area contributed by atoms with E-state index in [-0.39, 0.29) is 16.9 Å². The molecule has 0 aliphatic heterocycles. The van der Waals surface area contributed by atoms with E-state index >= 15 is 0 Å². The van der Waals surface area contributed by atoms with Crippen LogP contribution in [0.25, 0.3) is 0 Å². The molecule has 0 spiro atoms. The zero-order chi connectivity index (χ0) is 12.3. The van der Waals surface area contributed by atoms with Crippen molar-refractivity contribution in [2.24, 2.45) is 5.73 Å². The van der Waals surface area contributed by atoms with Crippen molar-refractivity contribution >= 4 is 27.5 Å². The van der Waals surface area contributed by atoms with Crippen LogP contribution in [0.3, 0.4) is 0 Å². The molecular weight excluding hydrogens is 282 g/mol. The Balaban J connectivity index is 2.85. The summed E-state index contributed by atoms with van der Waals surface area (Å²) in [5.74, 6) is -2.18. The van der Waals surface area contributed by atoms with Crippen LogP contribution in [0.5, 0.6) is 0 Å². The third-order valence-electron chi connectivity index (χ3n) is 1.78. The van der Waals surface area contributed by atoms with Crippen LogP contribution in [0, 0.1) is 11.6 Å². The summed E-state index contributed by atoms with van der Waals surface area (Å²) in [6.07, 6.45) is 0.00887. The summed E-state index contributed by atoms with van der Waals surface area (Å²) in [6, 6.07) is 1.79. The third kappa shape index (κ3) is 3.53. The Morgan fingerprint density at radius 3 is 2.44 bits per heavy atom. The van der Waals surface area contributed by atoms with Crippen molar-refractivity contribution in [2.45, 2.75) is 19.4 Å². The van der Waals surface area contributed by atoms with E-state index < -0.39 is 23.2 Å². The molecule has 0 aliphatic rings. The van der Waals surface area contributed by atoms with E-state index in [0.29, 0.717) is 0 Å². The molecule has 1 aromatic rings. The first kappa shape index (κ1) is 13.1. The Kier molecular flexibility index (Phi) is 4.37. The van der Waals surface area contributed by atoms with Crippen molar-refractivity contribution in [2.75, 3.05) is 5.32 Å². The van der Waals surface area contributed by atoms with Crippen molar-refractivity contribution in [3.63, 3.8) is 0 Å². The largest absolute Gasteiger partial charge is 0.327 e. The standard InChI is InChI=1S/C10H11BrF2N2O/c1-5(14)2-9(16)15-10-7(12)3-6(11)4-8(10)13/h3-5H,2,14H2,1H3,(H,15,16). The van der Waals surface area contributed by atoms with Gasteiger partial charge in [-0.25, -0.2) is 8.78 Å². The van der Waals surface area contributed by atoms with E-state index in [4.69, 9.17) is 5.73 Å². The fourth-order valence-electron chi connectivity index (χ4n) is 1.14. The van der Waals surface area contributed by atoms with E-state index in [9.17, 15) is 13.6 Å². The summed E-state index contributed by atoms with van der Waals surface area (Å²) in [5.41, 5.74) is 4.94. The lowest BCUT2D eigenvalue weighted by Gasteiger charge is -2.09. The molecule has 0 fully saturated rings. The highest BCUT2D eigenvalue weighted by atomic mass is 79.9. The van der Waals surface area contributed by atoms with Crippen LogP contribution < -0.4 is 11.1 Å². The maximum absolute atomic E-state index is 13.3. The van der Waals surface area contributed by atoms with E-state index in [1.807, 2.05) is 0 Å². The third-order valence-corrected chi connectivity index (χ3v) is 2.24. The quantitative estimate of drug-likeness (QED) is 0.899. The molecule has 1 rings (SSSR count). The normalized spacial score (nSPS) is 12.3. The minimum absolute atomic E-state index is 0.00887. The number of anilines is 1. The fraction of sp³-hybridized carbons (Fsp3) is 0.300. The molecule has 0 radical (unpaired) electrons. The van der Waals surface area contributed by atoms with Crippen LogP contribution in [0.4, 0.5) is 14.5 Å². The van der Waals surface area contributed by atoms with Crippen LogP contribution in [-0.4, -0.2) is 11.9 Å². The molecule has 0 bridgehead atoms. The lowest BCUT2D eigenvalue weighted by molar-refractivity contribution is -0.116. The van der Waals surface area contributed by atoms with E-state index in [2.05, 4.69) is 21.2 Å². The molecule has 6 heteroatoms. The number of carbonyl (C=O) groups is 1. The molecular formula is C10H11BrF2N2O. The Hall–Kier alpha value is -1.01. The van der Waals surface area contributed by atoms with Gasteiger partial charge in [0.05, 0.1) is 0 Å². The van der Waals surface area contributed by atoms with Gasteiger partial charge in [0, 0.05) is 16.9 Å². The first-order valence-electron chi connectivity index (χ1n) is 4.60. The summed E-state index contributed by atoms with van der Waals surface area (Å²) in [6.45, 7) is 1.63. The van der Waals surface area contributed by atoms with Crippen molar-refractivity contribution in [1.82, 2.24) is 0 Å². The highest BCUT2D eigenvalue weighted by Gasteiger charge is 2.14. The monoisotopic (exact) mass is 292 g/mol. The highest BCUT2D eigenvalue weighted by molar-refractivity contribution is 9.10. The molecule has 0 aliphatic carbocycles. The van der Waals surface area contributed by atoms with Crippen LogP contribution in [0.15, 0.2) is 16.6 Å². The van der Waals surface area contributed by atoms with Gasteiger partial charge in [0.2, 0.25) is 5.91 Å². The van der Waals surface area contributed by atoms with Crippen molar-refractivity contribution < 1.29 is 13.6 Å². The molecule has 1 unspecified atom stereocenters. The molecule has 3 N–H and O–H groups in total. The van der Waals surface area contributed by atoms with Gasteiger partial charge in [0.15, 0.2) is 11.6 Å². The van der Waals surface area contributed by atoms with E-state index in [0.717, 1.165) is 12.1 Å². The number of nitrogens with two attached hydrogens (primary N) is 1. The van der Waals surface area contributed by atoms with Crippen LogP contribution >= 0.6 is 15.9 Å². The van der Waals surface area contributed by atoms with Gasteiger partial charge in [0.25, 0.3) is 0 Å². The molecule has 0 heterocycles. The van der Waals surface area contributed by atoms with Gasteiger partial charge in [-0.15, -0.1) is 0 Å². The summed E-state index contributed by atoms with van der Waals surface area (Å²) in [7, 11) is 0. The molecule has 3 nitrogen and oxygen atoms in total. The lowest BCUT2D eigenvalue weighted by atomic mass is 10.2. The van der Waals surface area contributed by atoms with Gasteiger partial charge >= 0.3 is 0 Å². The van der Waals surface area contributed by atoms with Crippen molar-refractivity contribution in [1.29, 1.82) is 0 Å². The van der Waals surface area contributed by atoms with Gasteiger partial charge in [0.1, 0.15) is 5.69 Å². The summed E-state index contributed by atoms with van der Waals surface area (Å²) >= 11 is 2.94. The topological polar surface area (TPSA) is 55.1 Å². The molecule has 0 saturated heterocycles. The zero-order valence-electron chi connectivity index (χ0n) is 8.56. The van der Waals surface area contributed by atoms with Crippen LogP contribution in [-0.2, 0) is 4.79 Å².